The Morgan fingerprint density at radius 3 is 2.31 bits per heavy atom. The maximum atomic E-state index is 13.7. The molecule has 1 aromatic heterocycles. The van der Waals surface area contributed by atoms with E-state index in [1.54, 1.807) is 60.8 Å². The van der Waals surface area contributed by atoms with Crippen LogP contribution < -0.4 is 26.7 Å². The minimum absolute atomic E-state index is 0.00454. The predicted molar refractivity (Wildman–Crippen MR) is 206 cm³/mol. The van der Waals surface area contributed by atoms with Crippen LogP contribution in [-0.2, 0) is 0 Å². The van der Waals surface area contributed by atoms with Gasteiger partial charge in [-0.25, -0.2) is 9.78 Å². The molecule has 7 rings (SSSR count). The fourth-order valence-electron chi connectivity index (χ4n) is 6.11. The number of aryl methyl sites for hydroxylation is 1. The second kappa shape index (κ2) is 15.1. The standard InChI is InChI=1S/C41H32N6O8/c1-22-8-9-25(48)19-32(22)46-35-14-15-44-41(47-35)45-24-5-2-4-23(18-24)38(51)42-16-17-43-39(52)30-6-3-7-31(40(53)54)37(30)36-28-12-10-26(49)20-33(28)55-34-21-27(50)11-13-29(34)36/h2-15,18-21,48-49H,16-17H2,1H3,(H,42,51)(H,43,52)(H,53,54)(H2,44,45,46,47). The van der Waals surface area contributed by atoms with Crippen LogP contribution >= 0.6 is 0 Å². The Kier molecular flexibility index (Phi) is 9.78. The number of amides is 2. The lowest BCUT2D eigenvalue weighted by Crippen LogP contribution is -2.35. The highest BCUT2D eigenvalue weighted by Gasteiger charge is 2.26. The number of fused-ring (bicyclic) bond motifs is 2. The normalized spacial score (nSPS) is 10.9. The molecule has 2 heterocycles. The number of rotatable bonds is 11. The van der Waals surface area contributed by atoms with E-state index in [0.717, 1.165) is 5.56 Å². The Hall–Kier alpha value is -7.74. The Labute approximate surface area is 312 Å². The molecule has 1 aliphatic heterocycles. The molecule has 0 atom stereocenters. The van der Waals surface area contributed by atoms with E-state index in [1.807, 2.05) is 6.92 Å². The van der Waals surface area contributed by atoms with Gasteiger partial charge in [-0.05, 0) is 79.2 Å². The number of hydrogen-bond acceptors (Lipinski definition) is 11. The topological polar surface area (TPSA) is 216 Å². The fourth-order valence-corrected chi connectivity index (χ4v) is 6.11. The Bertz CT molecular complexity index is 2660. The summed E-state index contributed by atoms with van der Waals surface area (Å²) in [7, 11) is 0. The Morgan fingerprint density at radius 1 is 0.745 bits per heavy atom. The number of carbonyl (C=O) groups is 3. The van der Waals surface area contributed by atoms with Crippen LogP contribution in [0.1, 0.15) is 36.6 Å². The average molecular weight is 737 g/mol. The van der Waals surface area contributed by atoms with Crippen LogP contribution in [0.2, 0.25) is 0 Å². The molecule has 0 spiro atoms. The first-order valence-electron chi connectivity index (χ1n) is 16.9. The SMILES string of the molecule is Cc1ccc(O)cc1Nc1ccnc(Nc2cccc(C(=O)NCCNC(=O)c3cccc(C(=O)O)c3-c3c4ccc(=O)cc-4oc4cc(O)ccc34)c2)n1. The summed E-state index contributed by atoms with van der Waals surface area (Å²) in [5, 5.41) is 42.4. The molecule has 0 radical (unpaired) electrons. The van der Waals surface area contributed by atoms with Gasteiger partial charge in [0.1, 0.15) is 28.7 Å². The van der Waals surface area contributed by atoms with E-state index < -0.39 is 17.8 Å². The van der Waals surface area contributed by atoms with Gasteiger partial charge in [0.2, 0.25) is 5.95 Å². The number of phenolic OH excluding ortho intramolecular Hbond substituents is 2. The second-order valence-corrected chi connectivity index (χ2v) is 12.5. The van der Waals surface area contributed by atoms with E-state index in [9.17, 15) is 34.5 Å². The van der Waals surface area contributed by atoms with Crippen molar-refractivity contribution in [2.45, 2.75) is 6.92 Å². The van der Waals surface area contributed by atoms with Crippen molar-refractivity contribution < 1.29 is 34.1 Å². The Morgan fingerprint density at radius 2 is 1.49 bits per heavy atom. The van der Waals surface area contributed by atoms with Gasteiger partial charge in [-0.15, -0.1) is 0 Å². The number of aromatic nitrogens is 2. The van der Waals surface area contributed by atoms with Crippen LogP contribution in [0.4, 0.5) is 23.1 Å². The first-order valence-corrected chi connectivity index (χ1v) is 16.9. The number of carboxylic acid groups (broad SMARTS) is 1. The molecule has 14 nitrogen and oxygen atoms in total. The summed E-state index contributed by atoms with van der Waals surface area (Å²) in [5.41, 5.74) is 3.01. The monoisotopic (exact) mass is 736 g/mol. The van der Waals surface area contributed by atoms with Gasteiger partial charge in [0, 0.05) is 82.1 Å². The van der Waals surface area contributed by atoms with Crippen LogP contribution in [0.3, 0.4) is 0 Å². The lowest BCUT2D eigenvalue weighted by molar-refractivity contribution is 0.0697. The summed E-state index contributed by atoms with van der Waals surface area (Å²) < 4.78 is 5.91. The van der Waals surface area contributed by atoms with E-state index in [1.165, 1.54) is 48.5 Å². The van der Waals surface area contributed by atoms with Gasteiger partial charge < -0.3 is 41.0 Å². The number of phenols is 2. The highest BCUT2D eigenvalue weighted by molar-refractivity contribution is 6.14. The van der Waals surface area contributed by atoms with Gasteiger partial charge in [0.15, 0.2) is 5.43 Å². The van der Waals surface area contributed by atoms with Gasteiger partial charge in [-0.1, -0.05) is 18.2 Å². The quantitative estimate of drug-likeness (QED) is 0.0566. The molecule has 2 amide bonds. The van der Waals surface area contributed by atoms with E-state index in [4.69, 9.17) is 4.42 Å². The van der Waals surface area contributed by atoms with Gasteiger partial charge in [0.05, 0.1) is 5.56 Å². The Balaban J connectivity index is 1.05. The molecule has 0 saturated heterocycles. The summed E-state index contributed by atoms with van der Waals surface area (Å²) >= 11 is 0. The average Bonchev–Trinajstić information content (AvgIpc) is 3.16. The predicted octanol–water partition coefficient (Wildman–Crippen LogP) is 6.42. The van der Waals surface area contributed by atoms with Crippen LogP contribution in [0, 0.1) is 6.92 Å². The van der Waals surface area contributed by atoms with Crippen LogP contribution in [0.25, 0.3) is 33.4 Å². The van der Waals surface area contributed by atoms with Crippen molar-refractivity contribution in [1.29, 1.82) is 0 Å². The minimum Gasteiger partial charge on any atom is -0.508 e. The first-order chi connectivity index (χ1) is 26.5. The number of nitrogens with zero attached hydrogens (tertiary/aromatic N) is 2. The number of hydrogen-bond donors (Lipinski definition) is 7. The third kappa shape index (κ3) is 7.73. The summed E-state index contributed by atoms with van der Waals surface area (Å²) in [6.07, 6.45) is 1.57. The van der Waals surface area contributed by atoms with Crippen LogP contribution in [0.15, 0.2) is 119 Å². The molecule has 7 N–H and O–H groups in total. The van der Waals surface area contributed by atoms with Crippen molar-refractivity contribution >= 4 is 51.9 Å². The molecule has 0 unspecified atom stereocenters. The largest absolute Gasteiger partial charge is 0.508 e. The lowest BCUT2D eigenvalue weighted by atomic mass is 9.87. The molecule has 1 aliphatic carbocycles. The maximum Gasteiger partial charge on any atom is 0.336 e. The zero-order valence-corrected chi connectivity index (χ0v) is 29.1. The summed E-state index contributed by atoms with van der Waals surface area (Å²) in [4.78, 5) is 60.3. The van der Waals surface area contributed by atoms with Crippen LogP contribution in [-0.4, -0.2) is 56.2 Å². The van der Waals surface area contributed by atoms with Crippen molar-refractivity contribution in [3.63, 3.8) is 0 Å². The van der Waals surface area contributed by atoms with E-state index >= 15 is 0 Å². The maximum absolute atomic E-state index is 13.7. The highest BCUT2D eigenvalue weighted by atomic mass is 16.4. The number of benzene rings is 5. The molecule has 14 heteroatoms. The summed E-state index contributed by atoms with van der Waals surface area (Å²) in [5.74, 6) is -1.38. The summed E-state index contributed by atoms with van der Waals surface area (Å²) in [6.45, 7) is 1.95. The van der Waals surface area contributed by atoms with E-state index in [0.29, 0.717) is 39.3 Å². The fraction of sp³-hybridized carbons (Fsp3) is 0.0732. The number of aromatic carboxylic acids is 1. The smallest absolute Gasteiger partial charge is 0.336 e. The van der Waals surface area contributed by atoms with Gasteiger partial charge in [-0.3, -0.25) is 14.4 Å². The van der Waals surface area contributed by atoms with Crippen molar-refractivity contribution in [2.75, 3.05) is 23.7 Å². The molecule has 55 heavy (non-hydrogen) atoms. The van der Waals surface area contributed by atoms with Gasteiger partial charge in [-0.2, -0.15) is 4.98 Å². The van der Waals surface area contributed by atoms with Crippen molar-refractivity contribution in [1.82, 2.24) is 20.6 Å². The number of carbonyl (C=O) groups excluding carboxylic acids is 2. The van der Waals surface area contributed by atoms with Crippen molar-refractivity contribution in [3.8, 4) is 33.9 Å². The zero-order chi connectivity index (χ0) is 38.6. The molecule has 274 valence electrons. The molecule has 0 saturated carbocycles. The molecule has 5 aromatic rings. The highest BCUT2D eigenvalue weighted by Crippen LogP contribution is 2.43. The van der Waals surface area contributed by atoms with Crippen LogP contribution in [0.5, 0.6) is 11.5 Å². The second-order valence-electron chi connectivity index (χ2n) is 12.5. The minimum atomic E-state index is -1.28. The molecule has 0 bridgehead atoms. The summed E-state index contributed by atoms with van der Waals surface area (Å²) in [6, 6.07) is 26.0. The number of carboxylic acids is 1. The molecule has 4 aromatic carbocycles. The lowest BCUT2D eigenvalue weighted by Gasteiger charge is -2.19. The third-order valence-corrected chi connectivity index (χ3v) is 8.68. The van der Waals surface area contributed by atoms with Crippen molar-refractivity contribution in [3.05, 3.63) is 142 Å². The first kappa shape index (κ1) is 35.7. The van der Waals surface area contributed by atoms with Gasteiger partial charge in [0.25, 0.3) is 11.8 Å². The number of aromatic hydroxyl groups is 2. The number of anilines is 4. The van der Waals surface area contributed by atoms with E-state index in [2.05, 4.69) is 31.2 Å². The molecule has 0 fully saturated rings. The van der Waals surface area contributed by atoms with E-state index in [-0.39, 0.29) is 64.0 Å². The molecular formula is C41H32N6O8. The number of nitrogens with one attached hydrogen (secondary N) is 4. The third-order valence-electron chi connectivity index (χ3n) is 8.68. The van der Waals surface area contributed by atoms with Gasteiger partial charge >= 0.3 is 5.97 Å². The molecule has 2 aliphatic rings. The zero-order valence-electron chi connectivity index (χ0n) is 29.1. The molecular weight excluding hydrogens is 704 g/mol. The van der Waals surface area contributed by atoms with Crippen molar-refractivity contribution in [2.24, 2.45) is 0 Å².